The van der Waals surface area contributed by atoms with E-state index in [1.54, 1.807) is 28.2 Å². The maximum absolute atomic E-state index is 13.1. The number of furan rings is 1. The predicted octanol–water partition coefficient (Wildman–Crippen LogP) is 3.16. The Morgan fingerprint density at radius 1 is 0.892 bits per heavy atom. The maximum atomic E-state index is 13.1. The lowest BCUT2D eigenvalue weighted by Gasteiger charge is -2.35. The summed E-state index contributed by atoms with van der Waals surface area (Å²) < 4.78 is 5.29. The van der Waals surface area contributed by atoms with Gasteiger partial charge in [-0.3, -0.25) is 9.59 Å². The van der Waals surface area contributed by atoms with Gasteiger partial charge in [-0.25, -0.2) is 4.79 Å². The fraction of sp³-hybridized carbons (Fsp3) is 0.250. The molecule has 37 heavy (non-hydrogen) atoms. The van der Waals surface area contributed by atoms with E-state index in [9.17, 15) is 14.4 Å². The summed E-state index contributed by atoms with van der Waals surface area (Å²) in [5, 5.41) is 6.72. The number of hydrogen-bond donors (Lipinski definition) is 3. The van der Waals surface area contributed by atoms with Crippen LogP contribution >= 0.6 is 0 Å². The van der Waals surface area contributed by atoms with Crippen molar-refractivity contribution in [2.75, 3.05) is 26.2 Å². The van der Waals surface area contributed by atoms with Crippen molar-refractivity contribution >= 4 is 28.7 Å². The monoisotopic (exact) mass is 499 g/mol. The second-order valence-electron chi connectivity index (χ2n) is 9.04. The fourth-order valence-corrected chi connectivity index (χ4v) is 4.48. The topological polar surface area (TPSA) is 111 Å². The van der Waals surface area contributed by atoms with Crippen molar-refractivity contribution in [3.8, 4) is 0 Å². The maximum Gasteiger partial charge on any atom is 0.318 e. The second-order valence-corrected chi connectivity index (χ2v) is 9.04. The molecular formula is C28H29N5O4. The normalized spacial score (nSPS) is 14.4. The molecule has 0 aliphatic carbocycles. The number of urea groups is 1. The average Bonchev–Trinajstić information content (AvgIpc) is 3.62. The lowest BCUT2D eigenvalue weighted by Crippen LogP contribution is -2.57. The molecule has 2 aromatic carbocycles. The van der Waals surface area contributed by atoms with Crippen LogP contribution in [0.2, 0.25) is 0 Å². The van der Waals surface area contributed by atoms with Crippen LogP contribution in [0.25, 0.3) is 10.9 Å². The van der Waals surface area contributed by atoms with Gasteiger partial charge in [0.25, 0.3) is 5.91 Å². The molecule has 9 heteroatoms. The molecule has 1 saturated heterocycles. The molecule has 1 aliphatic rings. The number of nitrogens with zero attached hydrogens (tertiary/aromatic N) is 2. The summed E-state index contributed by atoms with van der Waals surface area (Å²) in [6.45, 7) is 1.82. The Labute approximate surface area is 214 Å². The number of fused-ring (bicyclic) bond motifs is 1. The predicted molar refractivity (Wildman–Crippen MR) is 139 cm³/mol. The van der Waals surface area contributed by atoms with Gasteiger partial charge in [0.05, 0.1) is 12.8 Å². The molecule has 0 saturated carbocycles. The summed E-state index contributed by atoms with van der Waals surface area (Å²) in [6.07, 6.45) is 1.91. The number of piperazine rings is 1. The standard InChI is InChI=1S/C28H29N5O4/c34-26(29-19-22-10-6-16-37-22)24(17-20-7-2-1-3-8-20)31-28(36)33-14-12-32(13-15-33)27(35)25-18-21-9-4-5-11-23(21)30-25/h1-11,16,18,24,30H,12-15,17,19H2,(H,29,34)(H,31,36)/t24-/m1/s1. The van der Waals surface area contributed by atoms with E-state index in [0.717, 1.165) is 16.5 Å². The highest BCUT2D eigenvalue weighted by Crippen LogP contribution is 2.17. The third-order valence-electron chi connectivity index (χ3n) is 6.53. The number of amides is 4. The Bertz CT molecular complexity index is 1320. The molecular weight excluding hydrogens is 470 g/mol. The van der Waals surface area contributed by atoms with E-state index in [4.69, 9.17) is 4.42 Å². The van der Waals surface area contributed by atoms with Gasteiger partial charge in [0, 0.05) is 43.5 Å². The van der Waals surface area contributed by atoms with Gasteiger partial charge in [-0.15, -0.1) is 0 Å². The number of carbonyl (C=O) groups is 3. The van der Waals surface area contributed by atoms with Crippen LogP contribution in [0.1, 0.15) is 21.8 Å². The van der Waals surface area contributed by atoms with Crippen molar-refractivity contribution in [1.29, 1.82) is 0 Å². The number of para-hydroxylation sites is 1. The summed E-state index contributed by atoms with van der Waals surface area (Å²) in [5.74, 6) is 0.255. The smallest absolute Gasteiger partial charge is 0.318 e. The molecule has 4 amide bonds. The van der Waals surface area contributed by atoms with E-state index in [2.05, 4.69) is 15.6 Å². The van der Waals surface area contributed by atoms with Gasteiger partial charge in [-0.05, 0) is 29.8 Å². The first kappa shape index (κ1) is 24.2. The number of aromatic amines is 1. The van der Waals surface area contributed by atoms with Crippen LogP contribution in [0, 0.1) is 0 Å². The number of carbonyl (C=O) groups excluding carboxylic acids is 3. The first-order valence-corrected chi connectivity index (χ1v) is 12.3. The number of nitrogens with one attached hydrogen (secondary N) is 3. The Kier molecular flexibility index (Phi) is 7.21. The molecule has 0 spiro atoms. The second kappa shape index (κ2) is 11.0. The molecule has 1 fully saturated rings. The molecule has 2 aromatic heterocycles. The average molecular weight is 500 g/mol. The summed E-state index contributed by atoms with van der Waals surface area (Å²) in [6, 6.07) is 21.6. The number of benzene rings is 2. The number of rotatable bonds is 7. The Morgan fingerprint density at radius 2 is 1.62 bits per heavy atom. The van der Waals surface area contributed by atoms with Crippen LogP contribution in [-0.4, -0.2) is 64.9 Å². The summed E-state index contributed by atoms with van der Waals surface area (Å²) >= 11 is 0. The highest BCUT2D eigenvalue weighted by Gasteiger charge is 2.28. The summed E-state index contributed by atoms with van der Waals surface area (Å²) in [5.41, 5.74) is 2.39. The van der Waals surface area contributed by atoms with Crippen LogP contribution in [0.4, 0.5) is 4.79 Å². The van der Waals surface area contributed by atoms with Gasteiger partial charge in [0.1, 0.15) is 17.5 Å². The lowest BCUT2D eigenvalue weighted by molar-refractivity contribution is -0.123. The summed E-state index contributed by atoms with van der Waals surface area (Å²) in [4.78, 5) is 45.7. The SMILES string of the molecule is O=C(NCc1ccco1)[C@@H](Cc1ccccc1)NC(=O)N1CCN(C(=O)c2cc3ccccc3[nH]2)CC1. The van der Waals surface area contributed by atoms with Crippen LogP contribution in [-0.2, 0) is 17.8 Å². The van der Waals surface area contributed by atoms with E-state index in [0.29, 0.717) is 44.1 Å². The minimum Gasteiger partial charge on any atom is -0.467 e. The van der Waals surface area contributed by atoms with Gasteiger partial charge in [0.2, 0.25) is 5.91 Å². The van der Waals surface area contributed by atoms with Crippen molar-refractivity contribution in [3.05, 3.63) is 96.1 Å². The zero-order valence-electron chi connectivity index (χ0n) is 20.4. The van der Waals surface area contributed by atoms with E-state index in [-0.39, 0.29) is 24.4 Å². The van der Waals surface area contributed by atoms with Crippen LogP contribution < -0.4 is 10.6 Å². The van der Waals surface area contributed by atoms with E-state index < -0.39 is 6.04 Å². The molecule has 1 aliphatic heterocycles. The van der Waals surface area contributed by atoms with Crippen LogP contribution in [0.15, 0.2) is 83.5 Å². The molecule has 0 bridgehead atoms. The molecule has 5 rings (SSSR count). The van der Waals surface area contributed by atoms with Crippen molar-refractivity contribution in [1.82, 2.24) is 25.4 Å². The molecule has 1 atom stereocenters. The summed E-state index contributed by atoms with van der Waals surface area (Å²) in [7, 11) is 0. The molecule has 3 heterocycles. The number of H-pyrrole nitrogens is 1. The van der Waals surface area contributed by atoms with Gasteiger partial charge in [-0.2, -0.15) is 0 Å². The van der Waals surface area contributed by atoms with Gasteiger partial charge in [-0.1, -0.05) is 48.5 Å². The van der Waals surface area contributed by atoms with Crippen molar-refractivity contribution < 1.29 is 18.8 Å². The van der Waals surface area contributed by atoms with Crippen molar-refractivity contribution in [2.24, 2.45) is 0 Å². The lowest BCUT2D eigenvalue weighted by atomic mass is 10.1. The van der Waals surface area contributed by atoms with Gasteiger partial charge in [0.15, 0.2) is 0 Å². The highest BCUT2D eigenvalue weighted by atomic mass is 16.3. The Morgan fingerprint density at radius 3 is 2.35 bits per heavy atom. The third-order valence-corrected chi connectivity index (χ3v) is 6.53. The quantitative estimate of drug-likeness (QED) is 0.363. The van der Waals surface area contributed by atoms with Crippen molar-refractivity contribution in [2.45, 2.75) is 19.0 Å². The number of hydrogen-bond acceptors (Lipinski definition) is 4. The molecule has 0 radical (unpaired) electrons. The number of aromatic nitrogens is 1. The van der Waals surface area contributed by atoms with E-state index >= 15 is 0 Å². The van der Waals surface area contributed by atoms with Crippen LogP contribution in [0.3, 0.4) is 0 Å². The molecule has 0 unspecified atom stereocenters. The zero-order chi connectivity index (χ0) is 25.6. The third kappa shape index (κ3) is 5.83. The molecule has 3 N–H and O–H groups in total. The van der Waals surface area contributed by atoms with E-state index in [1.807, 2.05) is 60.7 Å². The minimum absolute atomic E-state index is 0.0875. The van der Waals surface area contributed by atoms with Gasteiger partial charge < -0.3 is 29.8 Å². The first-order valence-electron chi connectivity index (χ1n) is 12.3. The molecule has 4 aromatic rings. The van der Waals surface area contributed by atoms with Gasteiger partial charge >= 0.3 is 6.03 Å². The molecule has 9 nitrogen and oxygen atoms in total. The zero-order valence-corrected chi connectivity index (χ0v) is 20.4. The Hall–Kier alpha value is -4.53. The van der Waals surface area contributed by atoms with E-state index in [1.165, 1.54) is 0 Å². The van der Waals surface area contributed by atoms with Crippen molar-refractivity contribution in [3.63, 3.8) is 0 Å². The fourth-order valence-electron chi connectivity index (χ4n) is 4.48. The van der Waals surface area contributed by atoms with Crippen LogP contribution in [0.5, 0.6) is 0 Å². The Balaban J connectivity index is 1.19. The highest BCUT2D eigenvalue weighted by molar-refractivity contribution is 5.98. The molecule has 190 valence electrons. The first-order chi connectivity index (χ1) is 18.1. The minimum atomic E-state index is -0.754. The largest absolute Gasteiger partial charge is 0.467 e.